The molecule has 1 heterocycles. The summed E-state index contributed by atoms with van der Waals surface area (Å²) in [4.78, 5) is 2.35. The van der Waals surface area contributed by atoms with E-state index in [1.54, 1.807) is 0 Å². The average molecular weight is 248 g/mol. The molecule has 0 aromatic carbocycles. The van der Waals surface area contributed by atoms with Gasteiger partial charge in [0.2, 0.25) is 0 Å². The molecule has 0 unspecified atom stereocenters. The highest BCUT2D eigenvalue weighted by Crippen LogP contribution is 2.30. The first-order chi connectivity index (χ1) is 7.37. The van der Waals surface area contributed by atoms with Gasteiger partial charge in [-0.2, -0.15) is 0 Å². The third-order valence-corrected chi connectivity index (χ3v) is 5.36. The van der Waals surface area contributed by atoms with Gasteiger partial charge in [-0.15, -0.1) is 0 Å². The molecule has 0 radical (unpaired) electrons. The maximum Gasteiger partial charge on any atom is 0.150 e. The Morgan fingerprint density at radius 3 is 2.12 bits per heavy atom. The van der Waals surface area contributed by atoms with Gasteiger partial charge >= 0.3 is 0 Å². The second-order valence-electron chi connectivity index (χ2n) is 4.96. The molecular weight excluding hydrogens is 224 g/mol. The van der Waals surface area contributed by atoms with E-state index in [9.17, 15) is 8.42 Å². The predicted molar refractivity (Wildman–Crippen MR) is 67.2 cm³/mol. The fraction of sp³-hybridized carbons (Fsp3) is 1.00. The lowest BCUT2D eigenvalue weighted by Gasteiger charge is -2.47. The summed E-state index contributed by atoms with van der Waals surface area (Å²) in [5, 5.41) is 0. The number of likely N-dealkylation sites (N-methyl/N-ethyl adjacent to an activating group) is 1. The van der Waals surface area contributed by atoms with Crippen molar-refractivity contribution in [2.45, 2.75) is 45.2 Å². The zero-order valence-corrected chi connectivity index (χ0v) is 11.4. The Morgan fingerprint density at radius 1 is 1.31 bits per heavy atom. The monoisotopic (exact) mass is 248 g/mol. The molecule has 0 aromatic rings. The molecular formula is C11H24N2O2S. The third-order valence-electron chi connectivity index (χ3n) is 3.71. The molecule has 0 amide bonds. The fourth-order valence-electron chi connectivity index (χ4n) is 2.77. The molecule has 0 saturated carbocycles. The van der Waals surface area contributed by atoms with Crippen molar-refractivity contribution < 1.29 is 8.42 Å². The van der Waals surface area contributed by atoms with Gasteiger partial charge in [-0.1, -0.05) is 6.92 Å². The van der Waals surface area contributed by atoms with Crippen LogP contribution in [0.3, 0.4) is 0 Å². The second kappa shape index (κ2) is 5.02. The summed E-state index contributed by atoms with van der Waals surface area (Å²) >= 11 is 0. The quantitative estimate of drug-likeness (QED) is 0.792. The lowest BCUT2D eigenvalue weighted by atomic mass is 9.89. The van der Waals surface area contributed by atoms with E-state index in [-0.39, 0.29) is 17.0 Å². The summed E-state index contributed by atoms with van der Waals surface area (Å²) in [6.45, 7) is 7.87. The number of hydrogen-bond acceptors (Lipinski definition) is 4. The topological polar surface area (TPSA) is 63.4 Å². The summed E-state index contributed by atoms with van der Waals surface area (Å²) in [5.41, 5.74) is 5.80. The van der Waals surface area contributed by atoms with Gasteiger partial charge in [0, 0.05) is 18.1 Å². The van der Waals surface area contributed by atoms with Crippen molar-refractivity contribution in [1.82, 2.24) is 4.90 Å². The Hall–Kier alpha value is -0.130. The van der Waals surface area contributed by atoms with Crippen molar-refractivity contribution in [2.24, 2.45) is 5.73 Å². The van der Waals surface area contributed by atoms with Crippen LogP contribution in [0.4, 0.5) is 0 Å². The largest absolute Gasteiger partial charge is 0.329 e. The van der Waals surface area contributed by atoms with E-state index < -0.39 is 9.84 Å². The predicted octanol–water partition coefficient (Wildman–Crippen LogP) is 0.623. The lowest BCUT2D eigenvalue weighted by molar-refractivity contribution is 0.0580. The first kappa shape index (κ1) is 13.9. The summed E-state index contributed by atoms with van der Waals surface area (Å²) in [6.07, 6.45) is 1.36. The summed E-state index contributed by atoms with van der Waals surface area (Å²) in [5.74, 6) is 0.570. The fourth-order valence-corrected chi connectivity index (χ4v) is 4.36. The maximum atomic E-state index is 11.5. The van der Waals surface area contributed by atoms with Crippen molar-refractivity contribution in [3.8, 4) is 0 Å². The van der Waals surface area contributed by atoms with E-state index in [2.05, 4.69) is 25.7 Å². The van der Waals surface area contributed by atoms with Crippen LogP contribution in [0.15, 0.2) is 0 Å². The van der Waals surface area contributed by atoms with E-state index in [0.29, 0.717) is 25.4 Å². The molecule has 1 saturated heterocycles. The molecule has 5 heteroatoms. The van der Waals surface area contributed by atoms with Crippen molar-refractivity contribution in [2.75, 3.05) is 24.6 Å². The molecule has 0 spiro atoms. The minimum atomic E-state index is -2.81. The van der Waals surface area contributed by atoms with Gasteiger partial charge in [-0.3, -0.25) is 4.90 Å². The van der Waals surface area contributed by atoms with E-state index >= 15 is 0 Å². The third kappa shape index (κ3) is 2.76. The van der Waals surface area contributed by atoms with Crippen LogP contribution in [0, 0.1) is 0 Å². The second-order valence-corrected chi connectivity index (χ2v) is 7.26. The van der Waals surface area contributed by atoms with Gasteiger partial charge in [-0.05, 0) is 33.2 Å². The van der Waals surface area contributed by atoms with Crippen molar-refractivity contribution in [1.29, 1.82) is 0 Å². The van der Waals surface area contributed by atoms with E-state index in [0.717, 1.165) is 6.54 Å². The van der Waals surface area contributed by atoms with E-state index in [4.69, 9.17) is 5.73 Å². The summed E-state index contributed by atoms with van der Waals surface area (Å²) in [7, 11) is -2.81. The first-order valence-corrected chi connectivity index (χ1v) is 7.86. The van der Waals surface area contributed by atoms with Crippen LogP contribution >= 0.6 is 0 Å². The molecule has 96 valence electrons. The number of nitrogens with zero attached hydrogens (tertiary/aromatic N) is 1. The molecule has 1 rings (SSSR count). The lowest BCUT2D eigenvalue weighted by Crippen LogP contribution is -2.59. The normalized spacial score (nSPS) is 23.9. The van der Waals surface area contributed by atoms with Crippen LogP contribution in [0.1, 0.15) is 33.6 Å². The van der Waals surface area contributed by atoms with Gasteiger partial charge in [0.1, 0.15) is 9.84 Å². The summed E-state index contributed by atoms with van der Waals surface area (Å²) in [6, 6.07) is 0.411. The van der Waals surface area contributed by atoms with Gasteiger partial charge in [0.15, 0.2) is 0 Å². The van der Waals surface area contributed by atoms with Gasteiger partial charge in [0.25, 0.3) is 0 Å². The minimum Gasteiger partial charge on any atom is -0.329 e. The zero-order chi connectivity index (χ0) is 12.4. The first-order valence-electron chi connectivity index (χ1n) is 6.04. The minimum absolute atomic E-state index is 0.103. The van der Waals surface area contributed by atoms with Crippen molar-refractivity contribution in [3.05, 3.63) is 0 Å². The Kier molecular flexibility index (Phi) is 4.37. The van der Waals surface area contributed by atoms with E-state index in [1.165, 1.54) is 0 Å². The molecule has 1 aliphatic rings. The maximum absolute atomic E-state index is 11.5. The molecule has 1 fully saturated rings. The molecule has 0 bridgehead atoms. The molecule has 0 aliphatic carbocycles. The SMILES string of the molecule is CCN(C(C)C)C1(CN)CCS(=O)(=O)CC1. The van der Waals surface area contributed by atoms with Crippen LogP contribution in [-0.2, 0) is 9.84 Å². The molecule has 1 aliphatic heterocycles. The van der Waals surface area contributed by atoms with Gasteiger partial charge < -0.3 is 5.73 Å². The highest BCUT2D eigenvalue weighted by molar-refractivity contribution is 7.91. The molecule has 0 atom stereocenters. The van der Waals surface area contributed by atoms with Crippen molar-refractivity contribution >= 4 is 9.84 Å². The molecule has 16 heavy (non-hydrogen) atoms. The Balaban J connectivity index is 2.87. The van der Waals surface area contributed by atoms with Crippen molar-refractivity contribution in [3.63, 3.8) is 0 Å². The van der Waals surface area contributed by atoms with Crippen LogP contribution in [0.2, 0.25) is 0 Å². The average Bonchev–Trinajstić information content (AvgIpc) is 2.21. The highest BCUT2D eigenvalue weighted by Gasteiger charge is 2.41. The number of rotatable bonds is 4. The molecule has 2 N–H and O–H groups in total. The Morgan fingerprint density at radius 2 is 1.81 bits per heavy atom. The number of sulfone groups is 1. The Labute approximate surface area is 99.1 Å². The van der Waals surface area contributed by atoms with Gasteiger partial charge in [-0.25, -0.2) is 8.42 Å². The van der Waals surface area contributed by atoms with Crippen LogP contribution in [0.5, 0.6) is 0 Å². The number of hydrogen-bond donors (Lipinski definition) is 1. The standard InChI is InChI=1S/C11H24N2O2S/c1-4-13(10(2)3)11(9-12)5-7-16(14,15)8-6-11/h10H,4-9,12H2,1-3H3. The smallest absolute Gasteiger partial charge is 0.150 e. The zero-order valence-electron chi connectivity index (χ0n) is 10.6. The van der Waals surface area contributed by atoms with Crippen LogP contribution < -0.4 is 5.73 Å². The summed E-state index contributed by atoms with van der Waals surface area (Å²) < 4.78 is 23.0. The molecule has 4 nitrogen and oxygen atoms in total. The van der Waals surface area contributed by atoms with Crippen LogP contribution in [-0.4, -0.2) is 49.5 Å². The van der Waals surface area contributed by atoms with E-state index in [1.807, 2.05) is 0 Å². The van der Waals surface area contributed by atoms with Gasteiger partial charge in [0.05, 0.1) is 11.5 Å². The highest BCUT2D eigenvalue weighted by atomic mass is 32.2. The number of nitrogens with two attached hydrogens (primary N) is 1. The van der Waals surface area contributed by atoms with Crippen LogP contribution in [0.25, 0.3) is 0 Å². The Bertz CT molecular complexity index is 311. The molecule has 0 aromatic heterocycles.